The summed E-state index contributed by atoms with van der Waals surface area (Å²) in [6.07, 6.45) is 11.4. The summed E-state index contributed by atoms with van der Waals surface area (Å²) in [5.41, 5.74) is 15.9. The molecule has 0 heterocycles. The molecule has 1 amide bonds. The van der Waals surface area contributed by atoms with Crippen molar-refractivity contribution in [3.63, 3.8) is 0 Å². The summed E-state index contributed by atoms with van der Waals surface area (Å²) in [4.78, 5) is 27.1. The first-order valence-electron chi connectivity index (χ1n) is 10.2. The third-order valence-electron chi connectivity index (χ3n) is 4.17. The monoisotopic (exact) mass is 385 g/mol. The maximum Gasteiger partial charge on any atom is 0.407 e. The number of Topliss-reactive ketones (excluding diaryl/α,β-unsaturated/α-hetero) is 1. The van der Waals surface area contributed by atoms with Crippen LogP contribution in [0, 0.1) is 0 Å². The van der Waals surface area contributed by atoms with Gasteiger partial charge in [0.15, 0.2) is 18.3 Å². The van der Waals surface area contributed by atoms with E-state index in [1.165, 1.54) is 12.8 Å². The number of rotatable bonds is 18. The zero-order chi connectivity index (χ0) is 20.2. The number of amides is 1. The third kappa shape index (κ3) is 20.3. The number of carbonyl (C=O) groups is 2. The van der Waals surface area contributed by atoms with Gasteiger partial charge in [-0.15, -0.1) is 0 Å². The summed E-state index contributed by atoms with van der Waals surface area (Å²) >= 11 is 0. The molecule has 0 aromatic heterocycles. The Hall–Kier alpha value is -1.83. The first-order valence-corrected chi connectivity index (χ1v) is 10.2. The lowest BCUT2D eigenvalue weighted by Gasteiger charge is -2.07. The molecule has 0 rings (SSSR count). The lowest BCUT2D eigenvalue weighted by molar-refractivity contribution is -0.122. The molecule has 0 radical (unpaired) electrons. The highest BCUT2D eigenvalue weighted by Crippen LogP contribution is 2.06. The van der Waals surface area contributed by atoms with E-state index in [9.17, 15) is 9.59 Å². The molecule has 7 N–H and O–H groups in total. The van der Waals surface area contributed by atoms with Crippen LogP contribution in [0.15, 0.2) is 4.99 Å². The number of unbranched alkanes of at least 4 members (excludes halogenated alkanes) is 9. The predicted octanol–water partition coefficient (Wildman–Crippen LogP) is 2.20. The molecule has 27 heavy (non-hydrogen) atoms. The van der Waals surface area contributed by atoms with Crippen LogP contribution in [0.4, 0.5) is 4.79 Å². The maximum atomic E-state index is 11.7. The quantitative estimate of drug-likeness (QED) is 0.162. The van der Waals surface area contributed by atoms with E-state index in [0.29, 0.717) is 19.5 Å². The minimum absolute atomic E-state index is 0.0365. The number of ketones is 1. The van der Waals surface area contributed by atoms with Crippen molar-refractivity contribution in [1.29, 1.82) is 0 Å². The highest BCUT2D eigenvalue weighted by Gasteiger charge is 2.06. The van der Waals surface area contributed by atoms with E-state index >= 15 is 0 Å². The van der Waals surface area contributed by atoms with Crippen molar-refractivity contribution in [2.45, 2.75) is 77.0 Å². The van der Waals surface area contributed by atoms with Crippen LogP contribution in [-0.4, -0.2) is 44.1 Å². The number of hydrogen-bond acceptors (Lipinski definition) is 5. The molecule has 0 fully saturated rings. The van der Waals surface area contributed by atoms with Crippen LogP contribution in [0.5, 0.6) is 0 Å². The van der Waals surface area contributed by atoms with Gasteiger partial charge in [-0.05, 0) is 32.2 Å². The number of hydrogen-bond donors (Lipinski definition) is 4. The highest BCUT2D eigenvalue weighted by atomic mass is 16.5. The van der Waals surface area contributed by atoms with Crippen LogP contribution in [0.3, 0.4) is 0 Å². The van der Waals surface area contributed by atoms with E-state index in [4.69, 9.17) is 21.9 Å². The van der Waals surface area contributed by atoms with Crippen LogP contribution >= 0.6 is 0 Å². The number of nitrogens with zero attached hydrogens (tertiary/aromatic N) is 1. The minimum atomic E-state index is -0.508. The molecular weight excluding hydrogens is 346 g/mol. The molecular formula is C19H39N5O3. The van der Waals surface area contributed by atoms with E-state index in [0.717, 1.165) is 64.3 Å². The Morgan fingerprint density at radius 2 is 1.41 bits per heavy atom. The molecule has 0 aliphatic rings. The lowest BCUT2D eigenvalue weighted by Crippen LogP contribution is -2.27. The Morgan fingerprint density at radius 3 is 2.07 bits per heavy atom. The largest absolute Gasteiger partial charge is 0.442 e. The van der Waals surface area contributed by atoms with Gasteiger partial charge in [0.25, 0.3) is 0 Å². The van der Waals surface area contributed by atoms with Crippen molar-refractivity contribution in [3.05, 3.63) is 0 Å². The summed E-state index contributed by atoms with van der Waals surface area (Å²) in [5.74, 6) is 0.0912. The number of nitrogens with one attached hydrogen (secondary N) is 1. The van der Waals surface area contributed by atoms with Crippen LogP contribution in [0.25, 0.3) is 0 Å². The van der Waals surface area contributed by atoms with Gasteiger partial charge in [0.1, 0.15) is 0 Å². The summed E-state index contributed by atoms with van der Waals surface area (Å²) in [5, 5.41) is 2.68. The molecule has 0 spiro atoms. The van der Waals surface area contributed by atoms with E-state index in [2.05, 4.69) is 10.3 Å². The Morgan fingerprint density at radius 1 is 0.815 bits per heavy atom. The first-order chi connectivity index (χ1) is 13.1. The fourth-order valence-electron chi connectivity index (χ4n) is 2.61. The number of aliphatic imine (C=N–C) groups is 1. The molecule has 8 nitrogen and oxygen atoms in total. The second-order valence-electron chi connectivity index (χ2n) is 6.78. The smallest absolute Gasteiger partial charge is 0.407 e. The second-order valence-corrected chi connectivity index (χ2v) is 6.78. The van der Waals surface area contributed by atoms with Gasteiger partial charge in [-0.2, -0.15) is 0 Å². The average molecular weight is 386 g/mol. The van der Waals surface area contributed by atoms with Crippen molar-refractivity contribution < 1.29 is 14.3 Å². The fourth-order valence-corrected chi connectivity index (χ4v) is 2.61. The number of guanidine groups is 1. The minimum Gasteiger partial charge on any atom is -0.442 e. The first kappa shape index (κ1) is 25.2. The van der Waals surface area contributed by atoms with E-state index in [-0.39, 0.29) is 18.3 Å². The Bertz CT molecular complexity index is 412. The maximum absolute atomic E-state index is 11.7. The number of nitrogens with two attached hydrogens (primary N) is 3. The molecule has 0 saturated heterocycles. The summed E-state index contributed by atoms with van der Waals surface area (Å²) in [7, 11) is 0. The Kier molecular flexibility index (Phi) is 17.7. The molecule has 0 aromatic rings. The molecule has 0 aliphatic carbocycles. The van der Waals surface area contributed by atoms with Gasteiger partial charge in [-0.25, -0.2) is 4.79 Å². The zero-order valence-electron chi connectivity index (χ0n) is 16.7. The number of alkyl carbamates (subject to hydrolysis) is 1. The predicted molar refractivity (Wildman–Crippen MR) is 109 cm³/mol. The van der Waals surface area contributed by atoms with Crippen molar-refractivity contribution in [2.24, 2.45) is 22.2 Å². The normalized spacial score (nSPS) is 10.4. The molecule has 158 valence electrons. The van der Waals surface area contributed by atoms with Crippen LogP contribution in [0.1, 0.15) is 77.0 Å². The highest BCUT2D eigenvalue weighted by molar-refractivity contribution is 5.81. The van der Waals surface area contributed by atoms with Gasteiger partial charge in [0, 0.05) is 19.5 Å². The van der Waals surface area contributed by atoms with Crippen molar-refractivity contribution >= 4 is 17.8 Å². The van der Waals surface area contributed by atoms with Gasteiger partial charge in [0.05, 0.1) is 0 Å². The van der Waals surface area contributed by atoms with Gasteiger partial charge in [0.2, 0.25) is 0 Å². The molecule has 8 heteroatoms. The van der Waals surface area contributed by atoms with Gasteiger partial charge in [-0.3, -0.25) is 9.79 Å². The van der Waals surface area contributed by atoms with Crippen molar-refractivity contribution in [1.82, 2.24) is 5.32 Å². The van der Waals surface area contributed by atoms with Gasteiger partial charge < -0.3 is 27.3 Å². The van der Waals surface area contributed by atoms with E-state index < -0.39 is 6.09 Å². The fraction of sp³-hybridized carbons (Fsp3) is 0.842. The molecule has 0 bridgehead atoms. The topological polar surface area (TPSA) is 146 Å². The van der Waals surface area contributed by atoms with E-state index in [1.807, 2.05) is 0 Å². The standard InChI is InChI=1S/C19H39N5O3/c20-13-9-5-1-2-6-11-15-24-19(26)27-16-17(25)12-8-4-3-7-10-14-23-18(21)22/h1-16,20H2,(H,24,26)(H4,21,22,23). The van der Waals surface area contributed by atoms with Crippen LogP contribution in [-0.2, 0) is 9.53 Å². The molecule has 0 unspecified atom stereocenters. The number of ether oxygens (including phenoxy) is 1. The summed E-state index contributed by atoms with van der Waals surface area (Å²) in [6.45, 7) is 1.85. The van der Waals surface area contributed by atoms with E-state index in [1.54, 1.807) is 0 Å². The average Bonchev–Trinajstić information content (AvgIpc) is 2.64. The van der Waals surface area contributed by atoms with Crippen molar-refractivity contribution in [2.75, 3.05) is 26.2 Å². The molecule has 0 saturated carbocycles. The summed E-state index contributed by atoms with van der Waals surface area (Å²) in [6, 6.07) is 0. The van der Waals surface area contributed by atoms with Crippen LogP contribution in [0.2, 0.25) is 0 Å². The molecule has 0 aromatic carbocycles. The molecule has 0 aliphatic heterocycles. The summed E-state index contributed by atoms with van der Waals surface area (Å²) < 4.78 is 4.94. The lowest BCUT2D eigenvalue weighted by atomic mass is 10.1. The number of carbonyl (C=O) groups excluding carboxylic acids is 2. The van der Waals surface area contributed by atoms with Crippen LogP contribution < -0.4 is 22.5 Å². The molecule has 0 atom stereocenters. The third-order valence-corrected chi connectivity index (χ3v) is 4.17. The Labute approximate surface area is 163 Å². The van der Waals surface area contributed by atoms with Gasteiger partial charge >= 0.3 is 6.09 Å². The SMILES string of the molecule is NCCCCCCCCNC(=O)OCC(=O)CCCCCCCN=C(N)N. The van der Waals surface area contributed by atoms with Gasteiger partial charge in [-0.1, -0.05) is 44.9 Å². The Balaban J connectivity index is 3.38. The van der Waals surface area contributed by atoms with Crippen molar-refractivity contribution in [3.8, 4) is 0 Å². The zero-order valence-corrected chi connectivity index (χ0v) is 16.7. The second kappa shape index (κ2) is 18.9.